The molecule has 0 aromatic carbocycles. The van der Waals surface area contributed by atoms with Gasteiger partial charge in [-0.1, -0.05) is 0 Å². The van der Waals surface area contributed by atoms with Crippen molar-refractivity contribution < 1.29 is 30.7 Å². The molecule has 1 nitrogen and oxygen atoms in total. The zero-order valence-corrected chi connectivity index (χ0v) is 8.52. The fraction of sp³-hybridized carbons (Fsp3) is 1.00. The molecule has 0 aromatic rings. The Labute approximate surface area is 87.6 Å². The lowest BCUT2D eigenvalue weighted by atomic mass is 10.1. The van der Waals surface area contributed by atoms with Crippen molar-refractivity contribution in [2.45, 2.75) is 18.0 Å². The fourth-order valence-electron chi connectivity index (χ4n) is 0.776. The van der Waals surface area contributed by atoms with Crippen LogP contribution in [-0.2, 0) is 0 Å². The predicted octanol–water partition coefficient (Wildman–Crippen LogP) is 2.80. The molecule has 0 saturated heterocycles. The second-order valence-electron chi connectivity index (χ2n) is 3.03. The Morgan fingerprint density at radius 2 is 1.07 bits per heavy atom. The first-order chi connectivity index (χ1) is 5.92. The third kappa shape index (κ3) is 3.67. The topological polar surface area (TPSA) is 3.24 Å². The molecule has 0 atom stereocenters. The minimum atomic E-state index is -5.96. The maximum absolute atomic E-state index is 12.8. The first-order valence-corrected chi connectivity index (χ1v) is 3.39. The lowest BCUT2D eigenvalue weighted by molar-refractivity contribution is -0.343. The molecule has 0 bridgehead atoms. The van der Waals surface area contributed by atoms with Gasteiger partial charge in [-0.15, -0.1) is 12.4 Å². The van der Waals surface area contributed by atoms with Gasteiger partial charge in [-0.2, -0.15) is 26.3 Å². The molecule has 0 unspecified atom stereocenters. The molecular weight excluding hydrogens is 255 g/mol. The Balaban J connectivity index is 0. The van der Waals surface area contributed by atoms with Crippen molar-refractivity contribution in [3.63, 3.8) is 0 Å². The maximum Gasteiger partial charge on any atom is 0.432 e. The van der Waals surface area contributed by atoms with Crippen LogP contribution in [0.1, 0.15) is 0 Å². The van der Waals surface area contributed by atoms with Crippen LogP contribution < -0.4 is 0 Å². The van der Waals surface area contributed by atoms with Crippen LogP contribution in [0.4, 0.5) is 30.7 Å². The number of rotatable bonds is 2. The van der Waals surface area contributed by atoms with Crippen molar-refractivity contribution in [1.29, 1.82) is 0 Å². The molecule has 9 heteroatoms. The van der Waals surface area contributed by atoms with E-state index in [4.69, 9.17) is 0 Å². The highest BCUT2D eigenvalue weighted by molar-refractivity contribution is 5.85. The van der Waals surface area contributed by atoms with Crippen LogP contribution in [0.25, 0.3) is 0 Å². The van der Waals surface area contributed by atoms with Gasteiger partial charge in [0.25, 0.3) is 0 Å². The third-order valence-corrected chi connectivity index (χ3v) is 1.43. The summed E-state index contributed by atoms with van der Waals surface area (Å²) < 4.78 is 83.8. The summed E-state index contributed by atoms with van der Waals surface area (Å²) in [6.45, 7) is -1.78. The molecule has 0 fully saturated rings. The van der Waals surface area contributed by atoms with Crippen molar-refractivity contribution in [1.82, 2.24) is 4.90 Å². The standard InChI is InChI=1S/C6H8F7N.ClH/c1-14(2)3-4(7,5(8,9)10)6(11,12)13;/h3H2,1-2H3;1H. The average Bonchev–Trinajstić information content (AvgIpc) is 1.79. The average molecular weight is 264 g/mol. The molecule has 0 rings (SSSR count). The Kier molecular flexibility index (Phi) is 5.41. The molecule has 0 spiro atoms. The van der Waals surface area contributed by atoms with Crippen molar-refractivity contribution >= 4 is 12.4 Å². The first kappa shape index (κ1) is 17.2. The molecule has 0 radical (unpaired) electrons. The summed E-state index contributed by atoms with van der Waals surface area (Å²) in [7, 11) is 1.84. The van der Waals surface area contributed by atoms with E-state index in [1.807, 2.05) is 0 Å². The Bertz CT molecular complexity index is 183. The second-order valence-corrected chi connectivity index (χ2v) is 3.03. The molecular formula is C6H9ClF7N. The van der Waals surface area contributed by atoms with E-state index in [1.54, 1.807) is 0 Å². The zero-order chi connectivity index (χ0) is 11.8. The minimum absolute atomic E-state index is 0. The van der Waals surface area contributed by atoms with E-state index in [9.17, 15) is 30.7 Å². The summed E-state index contributed by atoms with van der Waals surface area (Å²) in [5, 5.41) is 0. The van der Waals surface area contributed by atoms with Crippen molar-refractivity contribution in [2.75, 3.05) is 20.6 Å². The first-order valence-electron chi connectivity index (χ1n) is 3.39. The highest BCUT2D eigenvalue weighted by Crippen LogP contribution is 2.46. The van der Waals surface area contributed by atoms with Gasteiger partial charge in [0, 0.05) is 0 Å². The maximum atomic E-state index is 12.8. The summed E-state index contributed by atoms with van der Waals surface area (Å²) in [5.74, 6) is 0. The van der Waals surface area contributed by atoms with Crippen LogP contribution in [0, 0.1) is 0 Å². The molecule has 0 saturated carbocycles. The van der Waals surface area contributed by atoms with Crippen LogP contribution in [-0.4, -0.2) is 43.6 Å². The Morgan fingerprint density at radius 1 is 0.800 bits per heavy atom. The van der Waals surface area contributed by atoms with Crippen LogP contribution in [0.5, 0.6) is 0 Å². The van der Waals surface area contributed by atoms with Crippen LogP contribution in [0.2, 0.25) is 0 Å². The van der Waals surface area contributed by atoms with Gasteiger partial charge in [0.15, 0.2) is 0 Å². The second kappa shape index (κ2) is 4.73. The van der Waals surface area contributed by atoms with Gasteiger partial charge in [0.2, 0.25) is 0 Å². The number of nitrogens with zero attached hydrogens (tertiary/aromatic N) is 1. The van der Waals surface area contributed by atoms with Crippen LogP contribution in [0.3, 0.4) is 0 Å². The van der Waals surface area contributed by atoms with Gasteiger partial charge >= 0.3 is 18.0 Å². The summed E-state index contributed by atoms with van der Waals surface area (Å²) in [4.78, 5) is 0.487. The zero-order valence-electron chi connectivity index (χ0n) is 7.71. The third-order valence-electron chi connectivity index (χ3n) is 1.43. The van der Waals surface area contributed by atoms with E-state index in [0.29, 0.717) is 4.90 Å². The lowest BCUT2D eigenvalue weighted by Gasteiger charge is -2.31. The number of halogens is 8. The molecule has 0 amide bonds. The van der Waals surface area contributed by atoms with E-state index >= 15 is 0 Å². The molecule has 0 aromatic heterocycles. The Hall–Kier alpha value is -0.240. The van der Waals surface area contributed by atoms with E-state index in [2.05, 4.69) is 0 Å². The largest absolute Gasteiger partial charge is 0.432 e. The van der Waals surface area contributed by atoms with Crippen LogP contribution >= 0.6 is 12.4 Å². The van der Waals surface area contributed by atoms with E-state index < -0.39 is 24.6 Å². The quantitative estimate of drug-likeness (QED) is 0.693. The van der Waals surface area contributed by atoms with Gasteiger partial charge in [-0.25, -0.2) is 4.39 Å². The molecule has 0 aliphatic rings. The number of alkyl halides is 7. The van der Waals surface area contributed by atoms with E-state index in [-0.39, 0.29) is 12.4 Å². The normalized spacial score (nSPS) is 14.0. The van der Waals surface area contributed by atoms with Crippen molar-refractivity contribution in [3.05, 3.63) is 0 Å². The molecule has 0 aliphatic carbocycles. The number of hydrogen-bond donors (Lipinski definition) is 0. The van der Waals surface area contributed by atoms with Gasteiger partial charge in [0.05, 0.1) is 6.54 Å². The molecule has 94 valence electrons. The molecule has 0 heterocycles. The monoisotopic (exact) mass is 263 g/mol. The van der Waals surface area contributed by atoms with Crippen molar-refractivity contribution in [3.8, 4) is 0 Å². The van der Waals surface area contributed by atoms with Gasteiger partial charge in [-0.3, -0.25) is 0 Å². The van der Waals surface area contributed by atoms with Gasteiger partial charge in [0.1, 0.15) is 0 Å². The van der Waals surface area contributed by atoms with E-state index in [1.165, 1.54) is 0 Å². The molecule has 15 heavy (non-hydrogen) atoms. The summed E-state index contributed by atoms with van der Waals surface area (Å²) in [6, 6.07) is 0. The highest BCUT2D eigenvalue weighted by atomic mass is 35.5. The van der Waals surface area contributed by atoms with Crippen molar-refractivity contribution in [2.24, 2.45) is 0 Å². The molecule has 0 aliphatic heterocycles. The van der Waals surface area contributed by atoms with Gasteiger partial charge in [-0.05, 0) is 14.1 Å². The summed E-state index contributed by atoms with van der Waals surface area (Å²) >= 11 is 0. The SMILES string of the molecule is CN(C)CC(F)(C(F)(F)F)C(F)(F)F.Cl. The lowest BCUT2D eigenvalue weighted by Crippen LogP contribution is -2.58. The smallest absolute Gasteiger partial charge is 0.306 e. The predicted molar refractivity (Wildman–Crippen MR) is 41.8 cm³/mol. The molecule has 0 N–H and O–H groups in total. The van der Waals surface area contributed by atoms with E-state index in [0.717, 1.165) is 14.1 Å². The number of hydrogen-bond acceptors (Lipinski definition) is 1. The van der Waals surface area contributed by atoms with Gasteiger partial charge < -0.3 is 4.90 Å². The van der Waals surface area contributed by atoms with Crippen LogP contribution in [0.15, 0.2) is 0 Å². The summed E-state index contributed by atoms with van der Waals surface area (Å²) in [5.41, 5.74) is -5.18. The highest BCUT2D eigenvalue weighted by Gasteiger charge is 2.72. The Morgan fingerprint density at radius 3 is 1.13 bits per heavy atom. The fourth-order valence-corrected chi connectivity index (χ4v) is 0.776. The minimum Gasteiger partial charge on any atom is -0.306 e. The summed E-state index contributed by atoms with van der Waals surface area (Å²) in [6.07, 6.45) is -11.9.